The molecule has 0 saturated carbocycles. The Morgan fingerprint density at radius 2 is 1.86 bits per heavy atom. The predicted molar refractivity (Wildman–Crippen MR) is 86.9 cm³/mol. The van der Waals surface area contributed by atoms with E-state index in [1.807, 2.05) is 4.90 Å². The van der Waals surface area contributed by atoms with E-state index in [4.69, 9.17) is 5.73 Å². The third-order valence-corrected chi connectivity index (χ3v) is 4.34. The molecule has 1 atom stereocenters. The molecule has 0 unspecified atom stereocenters. The molecule has 1 aliphatic rings. The van der Waals surface area contributed by atoms with Gasteiger partial charge in [0.1, 0.15) is 0 Å². The van der Waals surface area contributed by atoms with Crippen molar-refractivity contribution in [2.24, 2.45) is 17.6 Å². The molecule has 0 spiro atoms. The minimum Gasteiger partial charge on any atom is -0.341 e. The van der Waals surface area contributed by atoms with E-state index in [1.165, 1.54) is 5.56 Å². The highest BCUT2D eigenvalue weighted by atomic mass is 16.2. The molecule has 0 aliphatic carbocycles. The van der Waals surface area contributed by atoms with Crippen molar-refractivity contribution in [2.45, 2.75) is 45.6 Å². The molecule has 2 N–H and O–H groups in total. The van der Waals surface area contributed by atoms with Gasteiger partial charge in [-0.3, -0.25) is 4.79 Å². The zero-order chi connectivity index (χ0) is 15.2. The number of piperidine rings is 1. The van der Waals surface area contributed by atoms with Crippen LogP contribution < -0.4 is 5.73 Å². The van der Waals surface area contributed by atoms with Crippen LogP contribution in [0.25, 0.3) is 0 Å². The minimum atomic E-state index is -0.323. The van der Waals surface area contributed by atoms with Gasteiger partial charge in [-0.25, -0.2) is 0 Å². The highest BCUT2D eigenvalue weighted by Gasteiger charge is 2.26. The Balaban J connectivity index is 1.79. The van der Waals surface area contributed by atoms with Crippen LogP contribution in [0.3, 0.4) is 0 Å². The van der Waals surface area contributed by atoms with Gasteiger partial charge >= 0.3 is 0 Å². The molecule has 2 rings (SSSR count). The van der Waals surface area contributed by atoms with Crippen LogP contribution in [-0.4, -0.2) is 29.9 Å². The number of hydrogen-bond acceptors (Lipinski definition) is 2. The van der Waals surface area contributed by atoms with Gasteiger partial charge in [0.2, 0.25) is 5.91 Å². The van der Waals surface area contributed by atoms with Crippen molar-refractivity contribution in [3.63, 3.8) is 0 Å². The van der Waals surface area contributed by atoms with Gasteiger partial charge in [0, 0.05) is 13.1 Å². The van der Waals surface area contributed by atoms with Crippen LogP contribution in [0.1, 0.15) is 38.7 Å². The molecular formula is C18H28N2O. The van der Waals surface area contributed by atoms with E-state index < -0.39 is 0 Å². The Morgan fingerprint density at radius 1 is 1.24 bits per heavy atom. The zero-order valence-electron chi connectivity index (χ0n) is 13.3. The van der Waals surface area contributed by atoms with Crippen LogP contribution in [0.4, 0.5) is 0 Å². The lowest BCUT2D eigenvalue weighted by Crippen LogP contribution is -2.47. The van der Waals surface area contributed by atoms with Crippen LogP contribution >= 0.6 is 0 Å². The first-order chi connectivity index (χ1) is 10.1. The molecular weight excluding hydrogens is 260 g/mol. The molecule has 1 aromatic carbocycles. The summed E-state index contributed by atoms with van der Waals surface area (Å²) >= 11 is 0. The maximum Gasteiger partial charge on any atom is 0.239 e. The molecule has 0 aromatic heterocycles. The molecule has 1 amide bonds. The number of nitrogens with zero attached hydrogens (tertiary/aromatic N) is 1. The number of carbonyl (C=O) groups is 1. The lowest BCUT2D eigenvalue weighted by molar-refractivity contribution is -0.134. The molecule has 3 heteroatoms. The molecule has 1 aliphatic heterocycles. The van der Waals surface area contributed by atoms with E-state index in [0.29, 0.717) is 11.8 Å². The van der Waals surface area contributed by atoms with Crippen LogP contribution in [0.15, 0.2) is 30.3 Å². The fourth-order valence-corrected chi connectivity index (χ4v) is 3.15. The Hall–Kier alpha value is -1.35. The number of amides is 1. The second-order valence-corrected chi connectivity index (χ2v) is 6.69. The van der Waals surface area contributed by atoms with Gasteiger partial charge in [-0.1, -0.05) is 44.2 Å². The molecule has 1 aromatic rings. The number of hydrogen-bond donors (Lipinski definition) is 1. The second kappa shape index (κ2) is 7.60. The van der Waals surface area contributed by atoms with E-state index in [-0.39, 0.29) is 11.9 Å². The first-order valence-corrected chi connectivity index (χ1v) is 8.14. The molecule has 3 nitrogen and oxygen atoms in total. The third kappa shape index (κ3) is 4.85. The third-order valence-electron chi connectivity index (χ3n) is 4.34. The highest BCUT2D eigenvalue weighted by molar-refractivity contribution is 5.81. The number of benzene rings is 1. The summed E-state index contributed by atoms with van der Waals surface area (Å²) in [6.45, 7) is 5.95. The summed E-state index contributed by atoms with van der Waals surface area (Å²) in [4.78, 5) is 14.3. The minimum absolute atomic E-state index is 0.141. The highest BCUT2D eigenvalue weighted by Crippen LogP contribution is 2.22. The van der Waals surface area contributed by atoms with Crippen molar-refractivity contribution < 1.29 is 4.79 Å². The van der Waals surface area contributed by atoms with Crippen LogP contribution in [-0.2, 0) is 11.2 Å². The average molecular weight is 288 g/mol. The number of nitrogens with two attached hydrogens (primary N) is 1. The first-order valence-electron chi connectivity index (χ1n) is 8.14. The normalized spacial score (nSPS) is 18.0. The monoisotopic (exact) mass is 288 g/mol. The molecule has 1 fully saturated rings. The maximum absolute atomic E-state index is 12.3. The van der Waals surface area contributed by atoms with Crippen molar-refractivity contribution >= 4 is 5.91 Å². The number of likely N-dealkylation sites (tertiary alicyclic amines) is 1. The zero-order valence-corrected chi connectivity index (χ0v) is 13.3. The topological polar surface area (TPSA) is 46.3 Å². The van der Waals surface area contributed by atoms with Gasteiger partial charge in [-0.15, -0.1) is 0 Å². The van der Waals surface area contributed by atoms with Gasteiger partial charge in [-0.05, 0) is 43.1 Å². The number of carbonyl (C=O) groups excluding carboxylic acids is 1. The Morgan fingerprint density at radius 3 is 2.43 bits per heavy atom. The fourth-order valence-electron chi connectivity index (χ4n) is 3.15. The lowest BCUT2D eigenvalue weighted by Gasteiger charge is -2.34. The second-order valence-electron chi connectivity index (χ2n) is 6.69. The van der Waals surface area contributed by atoms with E-state index in [1.54, 1.807) is 0 Å². The summed E-state index contributed by atoms with van der Waals surface area (Å²) < 4.78 is 0. The van der Waals surface area contributed by atoms with Crippen molar-refractivity contribution in [1.82, 2.24) is 4.90 Å². The molecule has 0 radical (unpaired) electrons. The largest absolute Gasteiger partial charge is 0.341 e. The van der Waals surface area contributed by atoms with Crippen molar-refractivity contribution in [3.8, 4) is 0 Å². The summed E-state index contributed by atoms with van der Waals surface area (Å²) in [7, 11) is 0. The Labute approximate surface area is 128 Å². The van der Waals surface area contributed by atoms with Crippen LogP contribution in [0, 0.1) is 11.8 Å². The van der Waals surface area contributed by atoms with Gasteiger partial charge < -0.3 is 10.6 Å². The van der Waals surface area contributed by atoms with E-state index in [2.05, 4.69) is 44.2 Å². The van der Waals surface area contributed by atoms with E-state index in [0.717, 1.165) is 38.8 Å². The number of rotatable bonds is 5. The predicted octanol–water partition coefficient (Wildman–Crippen LogP) is 2.84. The summed E-state index contributed by atoms with van der Waals surface area (Å²) in [5.74, 6) is 1.30. The van der Waals surface area contributed by atoms with E-state index in [9.17, 15) is 4.79 Å². The smallest absolute Gasteiger partial charge is 0.239 e. The molecule has 0 bridgehead atoms. The molecule has 1 saturated heterocycles. The average Bonchev–Trinajstić information content (AvgIpc) is 2.47. The first kappa shape index (κ1) is 16.0. The SMILES string of the molecule is CC(C)C[C@H](N)C(=O)N1CCC(Cc2ccccc2)CC1. The van der Waals surface area contributed by atoms with Gasteiger partial charge in [0.15, 0.2) is 0 Å². The standard InChI is InChI=1S/C18H28N2O/c1-14(2)12-17(19)18(21)20-10-8-16(9-11-20)13-15-6-4-3-5-7-15/h3-7,14,16-17H,8-13,19H2,1-2H3/t17-/m0/s1. The summed E-state index contributed by atoms with van der Waals surface area (Å²) in [5.41, 5.74) is 7.42. The van der Waals surface area contributed by atoms with Crippen LogP contribution in [0.2, 0.25) is 0 Å². The van der Waals surface area contributed by atoms with Crippen LogP contribution in [0.5, 0.6) is 0 Å². The Kier molecular flexibility index (Phi) is 5.80. The Bertz CT molecular complexity index is 436. The van der Waals surface area contributed by atoms with Crippen molar-refractivity contribution in [2.75, 3.05) is 13.1 Å². The molecule has 21 heavy (non-hydrogen) atoms. The lowest BCUT2D eigenvalue weighted by atomic mass is 9.90. The quantitative estimate of drug-likeness (QED) is 0.905. The molecule has 1 heterocycles. The summed E-state index contributed by atoms with van der Waals surface area (Å²) in [6, 6.07) is 10.3. The van der Waals surface area contributed by atoms with Crippen molar-refractivity contribution in [1.29, 1.82) is 0 Å². The molecule has 116 valence electrons. The van der Waals surface area contributed by atoms with Gasteiger partial charge in [0.05, 0.1) is 6.04 Å². The summed E-state index contributed by atoms with van der Waals surface area (Å²) in [6.07, 6.45) is 4.09. The maximum atomic E-state index is 12.3. The van der Waals surface area contributed by atoms with Gasteiger partial charge in [0.25, 0.3) is 0 Å². The van der Waals surface area contributed by atoms with E-state index >= 15 is 0 Å². The van der Waals surface area contributed by atoms with Gasteiger partial charge in [-0.2, -0.15) is 0 Å². The summed E-state index contributed by atoms with van der Waals surface area (Å²) in [5, 5.41) is 0. The van der Waals surface area contributed by atoms with Crippen molar-refractivity contribution in [3.05, 3.63) is 35.9 Å². The fraction of sp³-hybridized carbons (Fsp3) is 0.611.